The van der Waals surface area contributed by atoms with Gasteiger partial charge in [-0.05, 0) is 37.1 Å². The number of benzene rings is 2. The lowest BCUT2D eigenvalue weighted by molar-refractivity contribution is 0.213. The molecule has 3 aromatic rings. The van der Waals surface area contributed by atoms with Crippen molar-refractivity contribution in [2.45, 2.75) is 19.4 Å². The Hall–Kier alpha value is -2.53. The third-order valence-corrected chi connectivity index (χ3v) is 5.11. The normalized spacial score (nSPS) is 16.4. The number of hydrogen-bond donors (Lipinski definition) is 1. The zero-order chi connectivity index (χ0) is 17.2. The van der Waals surface area contributed by atoms with E-state index in [0.29, 0.717) is 5.13 Å². The van der Waals surface area contributed by atoms with Gasteiger partial charge in [-0.25, -0.2) is 4.98 Å². The number of aromatic nitrogens is 1. The van der Waals surface area contributed by atoms with E-state index in [4.69, 9.17) is 10.5 Å². The maximum atomic E-state index is 6.03. The summed E-state index contributed by atoms with van der Waals surface area (Å²) in [5.41, 5.74) is 10.3. The first-order valence-electron chi connectivity index (χ1n) is 8.50. The third kappa shape index (κ3) is 3.46. The van der Waals surface area contributed by atoms with Crippen molar-refractivity contribution in [1.82, 2.24) is 4.98 Å². The van der Waals surface area contributed by atoms with Crippen molar-refractivity contribution in [3.63, 3.8) is 0 Å². The molecule has 0 fully saturated rings. The smallest absolute Gasteiger partial charge is 0.180 e. The number of hydrogen-bond acceptors (Lipinski definition) is 5. The van der Waals surface area contributed by atoms with Gasteiger partial charge in [-0.15, -0.1) is 11.3 Å². The van der Waals surface area contributed by atoms with E-state index >= 15 is 0 Å². The van der Waals surface area contributed by atoms with Gasteiger partial charge in [0.25, 0.3) is 0 Å². The molecule has 0 spiro atoms. The van der Waals surface area contributed by atoms with E-state index in [1.807, 2.05) is 11.4 Å². The van der Waals surface area contributed by atoms with Gasteiger partial charge in [0, 0.05) is 17.5 Å². The molecule has 4 rings (SSSR count). The molecule has 2 N–H and O–H groups in total. The lowest BCUT2D eigenvalue weighted by Gasteiger charge is -2.35. The van der Waals surface area contributed by atoms with Gasteiger partial charge in [0.15, 0.2) is 5.13 Å². The van der Waals surface area contributed by atoms with Crippen LogP contribution in [0.2, 0.25) is 0 Å². The Bertz CT molecular complexity index is 862. The number of nitrogen functional groups attached to an aromatic ring is 1. The SMILES string of the molecule is CC1CN(CCc2ccccc2)c2cc(-c3csc(N)n3)ccc2O1. The highest BCUT2D eigenvalue weighted by atomic mass is 32.1. The Morgan fingerprint density at radius 1 is 1.24 bits per heavy atom. The molecule has 1 aliphatic rings. The van der Waals surface area contributed by atoms with Crippen molar-refractivity contribution < 1.29 is 4.74 Å². The minimum absolute atomic E-state index is 0.184. The fourth-order valence-corrected chi connectivity index (χ4v) is 3.80. The Balaban J connectivity index is 1.61. The first kappa shape index (κ1) is 16.0. The Morgan fingerprint density at radius 2 is 2.08 bits per heavy atom. The third-order valence-electron chi connectivity index (χ3n) is 4.44. The quantitative estimate of drug-likeness (QED) is 0.764. The molecule has 4 nitrogen and oxygen atoms in total. The predicted molar refractivity (Wildman–Crippen MR) is 104 cm³/mol. The second-order valence-electron chi connectivity index (χ2n) is 6.36. The molecule has 25 heavy (non-hydrogen) atoms. The van der Waals surface area contributed by atoms with E-state index in [-0.39, 0.29) is 6.10 Å². The van der Waals surface area contributed by atoms with E-state index in [1.165, 1.54) is 16.9 Å². The van der Waals surface area contributed by atoms with E-state index in [0.717, 1.165) is 42.2 Å². The van der Waals surface area contributed by atoms with Crippen LogP contribution in [0, 0.1) is 0 Å². The molecule has 128 valence electrons. The number of anilines is 2. The van der Waals surface area contributed by atoms with E-state index in [2.05, 4.69) is 59.3 Å². The molecule has 0 bridgehead atoms. The van der Waals surface area contributed by atoms with Crippen molar-refractivity contribution in [2.75, 3.05) is 23.7 Å². The Labute approximate surface area is 151 Å². The van der Waals surface area contributed by atoms with Crippen LogP contribution in [0.4, 0.5) is 10.8 Å². The van der Waals surface area contributed by atoms with E-state index < -0.39 is 0 Å². The monoisotopic (exact) mass is 351 g/mol. The van der Waals surface area contributed by atoms with Crippen molar-refractivity contribution >= 4 is 22.2 Å². The van der Waals surface area contributed by atoms with Gasteiger partial charge < -0.3 is 15.4 Å². The van der Waals surface area contributed by atoms with Gasteiger partial charge in [0.05, 0.1) is 17.9 Å². The molecular formula is C20H21N3OS. The highest BCUT2D eigenvalue weighted by Crippen LogP contribution is 2.37. The summed E-state index contributed by atoms with van der Waals surface area (Å²) in [6.45, 7) is 3.98. The molecule has 2 heterocycles. The van der Waals surface area contributed by atoms with Crippen LogP contribution in [0.25, 0.3) is 11.3 Å². The molecule has 5 heteroatoms. The molecule has 1 unspecified atom stereocenters. The Kier molecular flexibility index (Phi) is 4.32. The summed E-state index contributed by atoms with van der Waals surface area (Å²) in [6, 6.07) is 16.9. The van der Waals surface area contributed by atoms with Crippen LogP contribution in [0.1, 0.15) is 12.5 Å². The van der Waals surface area contributed by atoms with E-state index in [1.54, 1.807) is 0 Å². The fraction of sp³-hybridized carbons (Fsp3) is 0.250. The van der Waals surface area contributed by atoms with Crippen molar-refractivity contribution in [3.8, 4) is 17.0 Å². The molecule has 1 atom stereocenters. The number of thiazole rings is 1. The summed E-state index contributed by atoms with van der Waals surface area (Å²) < 4.78 is 6.03. The van der Waals surface area contributed by atoms with Crippen LogP contribution in [0.15, 0.2) is 53.9 Å². The first-order chi connectivity index (χ1) is 12.2. The summed E-state index contributed by atoms with van der Waals surface area (Å²) in [7, 11) is 0. The van der Waals surface area contributed by atoms with E-state index in [9.17, 15) is 0 Å². The second kappa shape index (κ2) is 6.76. The summed E-state index contributed by atoms with van der Waals surface area (Å²) >= 11 is 1.47. The zero-order valence-electron chi connectivity index (χ0n) is 14.2. The average Bonchev–Trinajstić information content (AvgIpc) is 3.06. The van der Waals surface area contributed by atoms with Crippen LogP contribution in [0.5, 0.6) is 5.75 Å². The summed E-state index contributed by atoms with van der Waals surface area (Å²) in [5.74, 6) is 0.943. The topological polar surface area (TPSA) is 51.4 Å². The van der Waals surface area contributed by atoms with Gasteiger partial charge in [-0.1, -0.05) is 30.3 Å². The molecule has 0 aliphatic carbocycles. The number of ether oxygens (including phenoxy) is 1. The number of fused-ring (bicyclic) bond motifs is 1. The van der Waals surface area contributed by atoms with Gasteiger partial charge in [0.2, 0.25) is 0 Å². The molecular weight excluding hydrogens is 330 g/mol. The molecule has 0 amide bonds. The van der Waals surface area contributed by atoms with Gasteiger partial charge in [-0.2, -0.15) is 0 Å². The second-order valence-corrected chi connectivity index (χ2v) is 7.25. The fourth-order valence-electron chi connectivity index (χ4n) is 3.23. The number of nitrogens with two attached hydrogens (primary N) is 1. The van der Waals surface area contributed by atoms with Crippen LogP contribution < -0.4 is 15.4 Å². The average molecular weight is 351 g/mol. The molecule has 1 aliphatic heterocycles. The minimum Gasteiger partial charge on any atom is -0.487 e. The first-order valence-corrected chi connectivity index (χ1v) is 9.38. The number of rotatable bonds is 4. The number of nitrogens with zero attached hydrogens (tertiary/aromatic N) is 2. The summed E-state index contributed by atoms with van der Waals surface area (Å²) in [5, 5.41) is 2.59. The zero-order valence-corrected chi connectivity index (χ0v) is 15.0. The molecule has 0 radical (unpaired) electrons. The largest absolute Gasteiger partial charge is 0.487 e. The molecule has 0 saturated heterocycles. The Morgan fingerprint density at radius 3 is 2.84 bits per heavy atom. The van der Waals surface area contributed by atoms with Crippen molar-refractivity contribution in [1.29, 1.82) is 0 Å². The highest BCUT2D eigenvalue weighted by Gasteiger charge is 2.23. The molecule has 0 saturated carbocycles. The van der Waals surface area contributed by atoms with Crippen LogP contribution in [-0.2, 0) is 6.42 Å². The van der Waals surface area contributed by atoms with Crippen LogP contribution >= 0.6 is 11.3 Å². The standard InChI is InChI=1S/C20H21N3OS/c1-14-12-23(10-9-15-5-3-2-4-6-15)18-11-16(7-8-19(18)24-14)17-13-25-20(21)22-17/h2-8,11,13-14H,9-10,12H2,1H3,(H2,21,22). The van der Waals surface area contributed by atoms with Gasteiger partial charge >= 0.3 is 0 Å². The summed E-state index contributed by atoms with van der Waals surface area (Å²) in [4.78, 5) is 6.81. The molecule has 1 aromatic heterocycles. The lowest BCUT2D eigenvalue weighted by atomic mass is 10.1. The van der Waals surface area contributed by atoms with Crippen LogP contribution in [-0.4, -0.2) is 24.2 Å². The molecule has 2 aromatic carbocycles. The maximum Gasteiger partial charge on any atom is 0.180 e. The van der Waals surface area contributed by atoms with Crippen molar-refractivity contribution in [2.24, 2.45) is 0 Å². The maximum absolute atomic E-state index is 6.03. The van der Waals surface area contributed by atoms with Gasteiger partial charge in [0.1, 0.15) is 11.9 Å². The van der Waals surface area contributed by atoms with Gasteiger partial charge in [-0.3, -0.25) is 0 Å². The summed E-state index contributed by atoms with van der Waals surface area (Å²) in [6.07, 6.45) is 1.20. The van der Waals surface area contributed by atoms with Crippen molar-refractivity contribution in [3.05, 3.63) is 59.5 Å². The lowest BCUT2D eigenvalue weighted by Crippen LogP contribution is -2.39. The van der Waals surface area contributed by atoms with Crippen LogP contribution in [0.3, 0.4) is 0 Å². The minimum atomic E-state index is 0.184. The predicted octanol–water partition coefficient (Wildman–Crippen LogP) is 4.22. The highest BCUT2D eigenvalue weighted by molar-refractivity contribution is 7.13.